The van der Waals surface area contributed by atoms with Crippen molar-refractivity contribution >= 4 is 35.3 Å². The monoisotopic (exact) mass is 1840 g/mol. The summed E-state index contributed by atoms with van der Waals surface area (Å²) >= 11 is 0. The summed E-state index contributed by atoms with van der Waals surface area (Å²) in [5, 5.41) is 154. The van der Waals surface area contributed by atoms with Crippen LogP contribution < -0.4 is 22.1 Å². The zero-order valence-electron chi connectivity index (χ0n) is 74.7. The van der Waals surface area contributed by atoms with Gasteiger partial charge in [0.05, 0.1) is 141 Å². The third kappa shape index (κ3) is 30.7. The normalized spacial score (nSPS) is 34.3. The second-order valence-corrected chi connectivity index (χ2v) is 35.6. The zero-order chi connectivity index (χ0) is 92.8. The summed E-state index contributed by atoms with van der Waals surface area (Å²) in [5.74, 6) is -6.03. The molecular formula is C86H144N10O33. The number of carboxylic acid groups (broad SMARTS) is 2. The molecule has 43 heteroatoms. The van der Waals surface area contributed by atoms with E-state index in [-0.39, 0.29) is 167 Å². The molecule has 0 aromatic carbocycles. The number of hydrogen-bond acceptors (Lipinski definition) is 37. The van der Waals surface area contributed by atoms with Crippen molar-refractivity contribution in [3.8, 4) is 0 Å². The van der Waals surface area contributed by atoms with Gasteiger partial charge in [-0.05, 0) is 102 Å². The fourth-order valence-corrected chi connectivity index (χ4v) is 18.8. The highest BCUT2D eigenvalue weighted by molar-refractivity contribution is 5.82. The van der Waals surface area contributed by atoms with Gasteiger partial charge in [-0.3, -0.25) is 28.5 Å². The van der Waals surface area contributed by atoms with Crippen molar-refractivity contribution in [1.29, 1.82) is 0 Å². The number of aromatic nitrogens is 6. The Hall–Kier alpha value is -5.58. The molecule has 4 aliphatic heterocycles. The third-order valence-corrected chi connectivity index (χ3v) is 26.3. The molecule has 6 heterocycles. The van der Waals surface area contributed by atoms with Gasteiger partial charge < -0.3 is 154 Å². The minimum absolute atomic E-state index is 0.00224. The van der Waals surface area contributed by atoms with E-state index in [1.54, 1.807) is 12.4 Å². The van der Waals surface area contributed by atoms with Crippen LogP contribution in [-0.2, 0) is 126 Å². The third-order valence-electron chi connectivity index (χ3n) is 26.3. The van der Waals surface area contributed by atoms with E-state index in [2.05, 4.69) is 31.3 Å². The highest BCUT2D eigenvalue weighted by atomic mass is 16.8. The van der Waals surface area contributed by atoms with E-state index in [1.807, 2.05) is 13.8 Å². The van der Waals surface area contributed by atoms with Crippen LogP contribution in [-0.4, -0.2) is 365 Å². The topological polar surface area (TPSA) is 621 Å². The lowest BCUT2D eigenvalue weighted by atomic mass is 9.74. The summed E-state index contributed by atoms with van der Waals surface area (Å²) < 4.78 is 95.2. The number of rotatable bonds is 54. The number of Topliss-reactive ketones (excluding diaryl/α,β-unsaturated/α-hetero) is 2. The minimum atomic E-state index is -1.70. The second kappa shape index (κ2) is 53.6. The van der Waals surface area contributed by atoms with Gasteiger partial charge in [0.2, 0.25) is 11.8 Å². The van der Waals surface area contributed by atoms with Crippen molar-refractivity contribution in [1.82, 2.24) is 40.6 Å². The average Bonchev–Trinajstić information content (AvgIpc) is 1.18. The number of ether oxygens (including phenoxy) is 15. The molecule has 0 radical (unpaired) electrons. The Balaban J connectivity index is 0.656. The number of nitrogens with zero attached hydrogens (tertiary/aromatic N) is 6. The molecule has 30 atom stereocenters. The van der Waals surface area contributed by atoms with Crippen LogP contribution in [0, 0.1) is 35.5 Å². The van der Waals surface area contributed by atoms with Gasteiger partial charge in [-0.15, -0.1) is 10.2 Å². The van der Waals surface area contributed by atoms with Crippen LogP contribution in [0.2, 0.25) is 0 Å². The molecule has 4 saturated heterocycles. The lowest BCUT2D eigenvalue weighted by Gasteiger charge is -2.49. The number of aryl methyl sites for hydroxylation is 2. The predicted molar refractivity (Wildman–Crippen MR) is 447 cm³/mol. The van der Waals surface area contributed by atoms with E-state index < -0.39 is 220 Å². The standard InChI is InChI=1S/C86H144N10O33/c1-5-51-37-53(57(99)19-13-23-87)39-59(77(51)128-85-75(109)73(107)69(103)47(3)120-85)124-83-67(79(71(105)63(43-97)126-83)122-61(81(111)112)35-49-15-9-7-10-16-49)89-65(101)21-25-95-41-55(91-93-95)45-118-33-31-116-29-27-115-28-30-117-32-34-119-46-56-42-96(94-92-56)26-22-66(102)90-68-80(123-62(82(113)114)36-50-17-11-8-12-18-50)72(106)64(44-98)127-84(68)125-60-40-54(58(100)20-14-24-88)38-52(6-2)78(60)129-86-76(110)74(108)70(104)48(4)121-86/h41-42,47-54,59-64,67-80,83-86,97-98,103-110H,5-40,43-46,87-88H2,1-4H3,(H,89,101)(H,90,102)(H,111,112)(H,113,114)/t47?,48?,51?,52?,53?,54?,59-,60-,61+,62+,63+,64+,67?,68?,69-,70-,71+,72+,73+,74+,75?,76?,77-,78-,79?,80?,83-,84-,85+,86+/m1/s1. The highest BCUT2D eigenvalue weighted by Crippen LogP contribution is 2.44. The Kier molecular flexibility index (Phi) is 43.9. The molecule has 10 rings (SSSR count). The van der Waals surface area contributed by atoms with Crippen LogP contribution in [0.1, 0.15) is 193 Å². The number of carboxylic acids is 2. The van der Waals surface area contributed by atoms with Gasteiger partial charge >= 0.3 is 11.9 Å². The number of nitrogens with two attached hydrogens (primary N) is 2. The number of aliphatic carboxylic acids is 2. The Labute approximate surface area is 751 Å². The molecule has 0 bridgehead atoms. The van der Waals surface area contributed by atoms with Crippen LogP contribution in [0.3, 0.4) is 0 Å². The Morgan fingerprint density at radius 1 is 0.457 bits per heavy atom. The van der Waals surface area contributed by atoms with E-state index in [4.69, 9.17) is 82.5 Å². The van der Waals surface area contributed by atoms with Crippen molar-refractivity contribution in [2.75, 3.05) is 79.2 Å². The first-order valence-corrected chi connectivity index (χ1v) is 46.5. The lowest BCUT2D eigenvalue weighted by Crippen LogP contribution is -2.67. The average molecular weight is 1850 g/mol. The molecule has 8 fully saturated rings. The van der Waals surface area contributed by atoms with Crippen LogP contribution in [0.5, 0.6) is 0 Å². The predicted octanol–water partition coefficient (Wildman–Crippen LogP) is -1.14. The Morgan fingerprint density at radius 3 is 1.16 bits per heavy atom. The first-order valence-electron chi connectivity index (χ1n) is 46.5. The molecule has 43 nitrogen and oxygen atoms in total. The molecular weight excluding hydrogens is 1700 g/mol. The van der Waals surface area contributed by atoms with Gasteiger partial charge in [-0.2, -0.15) is 0 Å². The highest BCUT2D eigenvalue weighted by Gasteiger charge is 2.56. The first kappa shape index (κ1) is 105. The van der Waals surface area contributed by atoms with E-state index in [0.29, 0.717) is 49.9 Å². The zero-order valence-corrected chi connectivity index (χ0v) is 74.7. The smallest absolute Gasteiger partial charge is 0.332 e. The summed E-state index contributed by atoms with van der Waals surface area (Å²) in [6, 6.07) is -2.89. The van der Waals surface area contributed by atoms with E-state index >= 15 is 0 Å². The Bertz CT molecular complexity index is 3420. The quantitative estimate of drug-likeness (QED) is 0.0348. The summed E-state index contributed by atoms with van der Waals surface area (Å²) in [6.45, 7) is 7.72. The maximum absolute atomic E-state index is 14.3. The summed E-state index contributed by atoms with van der Waals surface area (Å²) in [4.78, 5) is 82.4. The van der Waals surface area contributed by atoms with Crippen LogP contribution in [0.4, 0.5) is 0 Å². The SMILES string of the molecule is CCC1CC(C(=O)CCCN)C[C@@H](O[C@@H]2O[C@@H](CO)[C@H](O)C(O[C@@H](CC3CCCCC3)C(=O)O)C2NC(=O)CCn2cc(COCCOCCOCCOCCOCc3cn(CCC(=O)NC4C(O[C@@H](CC5CCCCC5)C(=O)O)[C@@H](O)[C@H](CO)O[C@H]4O[C@@H]4CC(C(=O)CCCN)CC(CC)[C@H]4O[C@@H]4OC(C)[C@@H](O)[C@H](O)C4O)nn3)nn2)[C@@H]1O[C@@H]1OC(C)[C@@H](O)[C@H](O)C1O. The van der Waals surface area contributed by atoms with Crippen LogP contribution in [0.15, 0.2) is 12.4 Å². The number of amides is 2. The van der Waals surface area contributed by atoms with Crippen molar-refractivity contribution < 1.29 is 161 Å². The van der Waals surface area contributed by atoms with Gasteiger partial charge in [-0.25, -0.2) is 9.59 Å². The summed E-state index contributed by atoms with van der Waals surface area (Å²) in [7, 11) is 0. The van der Waals surface area contributed by atoms with E-state index in [0.717, 1.165) is 64.2 Å². The van der Waals surface area contributed by atoms with Gasteiger partial charge in [0.1, 0.15) is 108 Å². The fourth-order valence-electron chi connectivity index (χ4n) is 18.8. The molecule has 2 aromatic heterocycles. The number of carbonyl (C=O) groups is 6. The molecule has 8 aliphatic rings. The molecule has 4 aliphatic carbocycles. The minimum Gasteiger partial charge on any atom is -0.479 e. The van der Waals surface area contributed by atoms with Gasteiger partial charge in [0.25, 0.3) is 0 Å². The van der Waals surface area contributed by atoms with Gasteiger partial charge in [-0.1, -0.05) is 101 Å². The molecule has 18 N–H and O–H groups in total. The van der Waals surface area contributed by atoms with Crippen molar-refractivity contribution in [2.24, 2.45) is 47.0 Å². The number of aliphatic hydroxyl groups is 10. The number of ketones is 2. The second-order valence-electron chi connectivity index (χ2n) is 35.6. The molecule has 736 valence electrons. The molecule has 2 amide bonds. The molecule has 0 spiro atoms. The van der Waals surface area contributed by atoms with Gasteiger partial charge in [0.15, 0.2) is 37.4 Å². The molecule has 2 aromatic rings. The number of nitrogens with one attached hydrogen (secondary N) is 2. The van der Waals surface area contributed by atoms with E-state index in [1.165, 1.54) is 23.2 Å². The largest absolute Gasteiger partial charge is 0.479 e. The lowest BCUT2D eigenvalue weighted by molar-refractivity contribution is -0.338. The summed E-state index contributed by atoms with van der Waals surface area (Å²) in [5.41, 5.74) is 12.5. The van der Waals surface area contributed by atoms with Gasteiger partial charge in [0, 0.05) is 37.5 Å². The summed E-state index contributed by atoms with van der Waals surface area (Å²) in [6.07, 6.45) is -19.4. The van der Waals surface area contributed by atoms with Crippen molar-refractivity contribution in [3.63, 3.8) is 0 Å². The number of aliphatic hydroxyl groups excluding tert-OH is 10. The molecule has 12 unspecified atom stereocenters. The number of carbonyl (C=O) groups excluding carboxylic acids is 4. The first-order chi connectivity index (χ1) is 62.1. The van der Waals surface area contributed by atoms with Crippen LogP contribution in [0.25, 0.3) is 0 Å². The maximum atomic E-state index is 14.3. The van der Waals surface area contributed by atoms with Crippen molar-refractivity contribution in [3.05, 3.63) is 23.8 Å². The molecule has 4 saturated carbocycles. The Morgan fingerprint density at radius 2 is 0.822 bits per heavy atom. The number of hydrogen-bond donors (Lipinski definition) is 16. The van der Waals surface area contributed by atoms with Crippen LogP contribution >= 0.6 is 0 Å². The fraction of sp³-hybridized carbons (Fsp3) is 0.884. The van der Waals surface area contributed by atoms with E-state index in [9.17, 15) is 90.0 Å². The van der Waals surface area contributed by atoms with Crippen molar-refractivity contribution in [2.45, 2.75) is 367 Å². The molecule has 129 heavy (non-hydrogen) atoms. The maximum Gasteiger partial charge on any atom is 0.332 e.